The van der Waals surface area contributed by atoms with Crippen molar-refractivity contribution in [3.05, 3.63) is 47.3 Å². The number of hydrogen-bond acceptors (Lipinski definition) is 5. The summed E-state index contributed by atoms with van der Waals surface area (Å²) < 4.78 is 82.5. The maximum atomic E-state index is 14.2. The van der Waals surface area contributed by atoms with Gasteiger partial charge in [-0.15, -0.1) is 0 Å². The predicted octanol–water partition coefficient (Wildman–Crippen LogP) is 2.56. The molecule has 0 bridgehead atoms. The van der Waals surface area contributed by atoms with E-state index in [4.69, 9.17) is 11.5 Å². The van der Waals surface area contributed by atoms with E-state index < -0.39 is 42.2 Å². The Labute approximate surface area is 166 Å². The van der Waals surface area contributed by atoms with Crippen molar-refractivity contribution < 1.29 is 35.9 Å². The first kappa shape index (κ1) is 21.5. The largest absolute Gasteiger partial charge is 0.483 e. The average Bonchev–Trinajstić information content (AvgIpc) is 2.94. The van der Waals surface area contributed by atoms with Crippen LogP contribution >= 0.6 is 0 Å². The van der Waals surface area contributed by atoms with Gasteiger partial charge in [-0.05, 0) is 18.1 Å². The smallest absolute Gasteiger partial charge is 0.456 e. The molecule has 0 spiro atoms. The topological polar surface area (TPSA) is 93.9 Å². The molecule has 12 heteroatoms. The van der Waals surface area contributed by atoms with Gasteiger partial charge in [-0.25, -0.2) is 4.39 Å². The molecule has 1 unspecified atom stereocenters. The van der Waals surface area contributed by atoms with E-state index in [9.17, 15) is 31.1 Å². The molecule has 162 valence electrons. The minimum absolute atomic E-state index is 0.00669. The highest BCUT2D eigenvalue weighted by atomic mass is 19.4. The molecular formula is C18H16F6N4O2. The summed E-state index contributed by atoms with van der Waals surface area (Å²) in [7, 11) is 0. The van der Waals surface area contributed by atoms with Crippen LogP contribution in [-0.4, -0.2) is 48.0 Å². The summed E-state index contributed by atoms with van der Waals surface area (Å²) in [4.78, 5) is 11.3. The first-order chi connectivity index (χ1) is 13.9. The number of hydrazone groups is 1. The number of rotatable bonds is 6. The molecule has 0 saturated carbocycles. The molecule has 1 amide bonds. The number of primary amides is 1. The van der Waals surface area contributed by atoms with Gasteiger partial charge in [-0.3, -0.25) is 9.80 Å². The minimum Gasteiger partial charge on any atom is -0.483 e. The van der Waals surface area contributed by atoms with Gasteiger partial charge in [0.05, 0.1) is 6.04 Å². The van der Waals surface area contributed by atoms with E-state index >= 15 is 0 Å². The van der Waals surface area contributed by atoms with Crippen LogP contribution in [-0.2, 0) is 4.79 Å². The van der Waals surface area contributed by atoms with Crippen molar-refractivity contribution in [1.82, 2.24) is 5.01 Å². The standard InChI is InChI=1S/C18H16F6N4O2/c19-12-3-1-2-10(15(12)30-8-17(20,21)18(22,23)24)9-4-5-11-13(6-9)28(7-14(25)29)27-16(11)26/h1-5,13H,6-8H2,(H2,25,29)(H2,26,27). The number of fused-ring (bicyclic) bond motifs is 1. The second kappa shape index (κ2) is 7.58. The highest BCUT2D eigenvalue weighted by Crippen LogP contribution is 2.40. The van der Waals surface area contributed by atoms with Crippen LogP contribution in [0.4, 0.5) is 26.3 Å². The van der Waals surface area contributed by atoms with E-state index in [0.717, 1.165) is 6.07 Å². The minimum atomic E-state index is -5.84. The third kappa shape index (κ3) is 4.07. The average molecular weight is 434 g/mol. The van der Waals surface area contributed by atoms with E-state index in [0.29, 0.717) is 11.1 Å². The molecule has 0 aromatic heterocycles. The molecule has 0 saturated heterocycles. The van der Waals surface area contributed by atoms with Crippen molar-refractivity contribution in [3.63, 3.8) is 0 Å². The number of amides is 1. The summed E-state index contributed by atoms with van der Waals surface area (Å²) in [5.41, 5.74) is 11.9. The van der Waals surface area contributed by atoms with Crippen LogP contribution in [0.15, 0.2) is 41.0 Å². The Hall–Kier alpha value is -3.18. The molecule has 1 aromatic rings. The lowest BCUT2D eigenvalue weighted by molar-refractivity contribution is -0.290. The molecule has 3 rings (SSSR count). The van der Waals surface area contributed by atoms with Crippen molar-refractivity contribution in [1.29, 1.82) is 0 Å². The van der Waals surface area contributed by atoms with E-state index in [1.165, 1.54) is 23.2 Å². The molecule has 30 heavy (non-hydrogen) atoms. The summed E-state index contributed by atoms with van der Waals surface area (Å²) in [6.07, 6.45) is -2.68. The molecule has 6 nitrogen and oxygen atoms in total. The number of alkyl halides is 5. The van der Waals surface area contributed by atoms with E-state index in [1.807, 2.05) is 0 Å². The first-order valence-electron chi connectivity index (χ1n) is 8.57. The zero-order valence-electron chi connectivity index (χ0n) is 15.2. The second-order valence-corrected chi connectivity index (χ2v) is 6.69. The molecule has 1 aliphatic heterocycles. The Morgan fingerprint density at radius 3 is 2.57 bits per heavy atom. The summed E-state index contributed by atoms with van der Waals surface area (Å²) in [5, 5.41) is 5.36. The molecule has 2 aliphatic rings. The molecule has 0 radical (unpaired) electrons. The van der Waals surface area contributed by atoms with Gasteiger partial charge in [0.1, 0.15) is 12.4 Å². The number of ether oxygens (including phenoxy) is 1. The van der Waals surface area contributed by atoms with Crippen LogP contribution in [0.1, 0.15) is 12.0 Å². The monoisotopic (exact) mass is 434 g/mol. The lowest BCUT2D eigenvalue weighted by Crippen LogP contribution is -2.42. The summed E-state index contributed by atoms with van der Waals surface area (Å²) in [6.45, 7) is -2.33. The van der Waals surface area contributed by atoms with Crippen molar-refractivity contribution >= 4 is 17.3 Å². The summed E-state index contributed by atoms with van der Waals surface area (Å²) >= 11 is 0. The Bertz CT molecular complexity index is 954. The number of nitrogens with two attached hydrogens (primary N) is 2. The highest BCUT2D eigenvalue weighted by Gasteiger charge is 2.58. The van der Waals surface area contributed by atoms with Crippen LogP contribution in [0.3, 0.4) is 0 Å². The van der Waals surface area contributed by atoms with Crippen LogP contribution in [0.2, 0.25) is 0 Å². The molecule has 1 atom stereocenters. The molecule has 4 N–H and O–H groups in total. The lowest BCUT2D eigenvalue weighted by Gasteiger charge is -2.27. The molecule has 0 fully saturated rings. The fourth-order valence-corrected chi connectivity index (χ4v) is 3.13. The van der Waals surface area contributed by atoms with Crippen molar-refractivity contribution in [2.45, 2.75) is 24.6 Å². The van der Waals surface area contributed by atoms with E-state index in [-0.39, 0.29) is 24.4 Å². The predicted molar refractivity (Wildman–Crippen MR) is 94.9 cm³/mol. The maximum Gasteiger partial charge on any atom is 0.456 e. The molecule has 1 aliphatic carbocycles. The van der Waals surface area contributed by atoms with Crippen LogP contribution in [0.5, 0.6) is 5.75 Å². The second-order valence-electron chi connectivity index (χ2n) is 6.69. The third-order valence-corrected chi connectivity index (χ3v) is 4.57. The number of halogens is 6. The third-order valence-electron chi connectivity index (χ3n) is 4.57. The van der Waals surface area contributed by atoms with Gasteiger partial charge in [0.15, 0.2) is 18.2 Å². The molecule has 1 heterocycles. The zero-order chi connectivity index (χ0) is 22.3. The van der Waals surface area contributed by atoms with E-state index in [2.05, 4.69) is 9.84 Å². The first-order valence-corrected chi connectivity index (χ1v) is 8.57. The van der Waals surface area contributed by atoms with Gasteiger partial charge in [-0.1, -0.05) is 24.3 Å². The number of nitrogens with zero attached hydrogens (tertiary/aromatic N) is 2. The Balaban J connectivity index is 1.90. The number of carbonyl (C=O) groups excluding carboxylic acids is 1. The van der Waals surface area contributed by atoms with Crippen molar-refractivity contribution in [2.75, 3.05) is 13.2 Å². The van der Waals surface area contributed by atoms with E-state index in [1.54, 1.807) is 6.08 Å². The zero-order valence-corrected chi connectivity index (χ0v) is 15.2. The number of hydrogen-bond donors (Lipinski definition) is 2. The highest BCUT2D eigenvalue weighted by molar-refractivity contribution is 6.01. The summed E-state index contributed by atoms with van der Waals surface area (Å²) in [6, 6.07) is 2.93. The van der Waals surface area contributed by atoms with Crippen LogP contribution in [0, 0.1) is 5.82 Å². The van der Waals surface area contributed by atoms with Gasteiger partial charge in [0.25, 0.3) is 0 Å². The lowest BCUT2D eigenvalue weighted by atomic mass is 9.88. The van der Waals surface area contributed by atoms with Crippen LogP contribution < -0.4 is 16.2 Å². The number of benzene rings is 1. The van der Waals surface area contributed by atoms with Gasteiger partial charge >= 0.3 is 12.1 Å². The van der Waals surface area contributed by atoms with Crippen LogP contribution in [0.25, 0.3) is 5.57 Å². The van der Waals surface area contributed by atoms with Gasteiger partial charge in [-0.2, -0.15) is 27.1 Å². The number of carbonyl (C=O) groups is 1. The fourth-order valence-electron chi connectivity index (χ4n) is 3.13. The van der Waals surface area contributed by atoms with Gasteiger partial charge < -0.3 is 16.2 Å². The Morgan fingerprint density at radius 1 is 1.23 bits per heavy atom. The van der Waals surface area contributed by atoms with Crippen molar-refractivity contribution in [2.24, 2.45) is 16.6 Å². The maximum absolute atomic E-state index is 14.2. The van der Waals surface area contributed by atoms with Gasteiger partial charge in [0, 0.05) is 11.1 Å². The fraction of sp³-hybridized carbons (Fsp3) is 0.333. The quantitative estimate of drug-likeness (QED) is 0.673. The molecular weight excluding hydrogens is 418 g/mol. The van der Waals surface area contributed by atoms with Gasteiger partial charge in [0.2, 0.25) is 5.91 Å². The Kier molecular flexibility index (Phi) is 5.44. The van der Waals surface area contributed by atoms with Crippen molar-refractivity contribution in [3.8, 4) is 5.75 Å². The number of allylic oxidation sites excluding steroid dienone is 2. The SMILES string of the molecule is NC(=O)CN1N=C(N)C2=CC=C(c3cccc(F)c3OCC(F)(F)C(F)(F)F)CC21. The number of amidine groups is 1. The summed E-state index contributed by atoms with van der Waals surface area (Å²) in [5.74, 6) is -7.52. The Morgan fingerprint density at radius 2 is 1.93 bits per heavy atom. The molecule has 1 aromatic carbocycles. The number of para-hydroxylation sites is 1. The normalized spacial score (nSPS) is 19.1.